The maximum absolute atomic E-state index is 3.67. The van der Waals surface area contributed by atoms with Gasteiger partial charge in [0.2, 0.25) is 0 Å². The summed E-state index contributed by atoms with van der Waals surface area (Å²) in [6.45, 7) is 4.58. The van der Waals surface area contributed by atoms with E-state index in [0.717, 1.165) is 0 Å². The lowest BCUT2D eigenvalue weighted by atomic mass is 10.1. The molecular weight excluding hydrogens is 264 g/mol. The fraction of sp³-hybridized carbons (Fsp3) is 0.538. The van der Waals surface area contributed by atoms with Crippen molar-refractivity contribution in [2.45, 2.75) is 25.8 Å². The van der Waals surface area contributed by atoms with Crippen molar-refractivity contribution in [1.82, 2.24) is 5.32 Å². The number of nitrogens with zero attached hydrogens (tertiary/aromatic N) is 1. The van der Waals surface area contributed by atoms with Crippen LogP contribution < -0.4 is 10.2 Å². The van der Waals surface area contributed by atoms with E-state index < -0.39 is 0 Å². The van der Waals surface area contributed by atoms with Gasteiger partial charge in [-0.25, -0.2) is 0 Å². The van der Waals surface area contributed by atoms with Gasteiger partial charge >= 0.3 is 0 Å². The van der Waals surface area contributed by atoms with E-state index in [1.807, 2.05) is 7.05 Å². The second kappa shape index (κ2) is 5.19. The average Bonchev–Trinajstić information content (AvgIpc) is 2.81. The van der Waals surface area contributed by atoms with Crippen LogP contribution in [0.5, 0.6) is 0 Å². The van der Waals surface area contributed by atoms with Gasteiger partial charge in [0.1, 0.15) is 0 Å². The summed E-state index contributed by atoms with van der Waals surface area (Å²) < 4.78 is 1.21. The second-order valence-electron chi connectivity index (χ2n) is 4.41. The maximum Gasteiger partial charge on any atom is 0.0377 e. The minimum atomic E-state index is 0.391. The van der Waals surface area contributed by atoms with E-state index in [2.05, 4.69) is 51.3 Å². The third-order valence-corrected chi connectivity index (χ3v) is 4.04. The Labute approximate surface area is 106 Å². The summed E-state index contributed by atoms with van der Waals surface area (Å²) in [5.41, 5.74) is 2.67. The first kappa shape index (κ1) is 11.9. The van der Waals surface area contributed by atoms with Crippen molar-refractivity contribution in [3.63, 3.8) is 0 Å². The third kappa shape index (κ3) is 2.41. The Morgan fingerprint density at radius 1 is 1.31 bits per heavy atom. The zero-order valence-corrected chi connectivity index (χ0v) is 11.5. The number of hydrogen-bond acceptors (Lipinski definition) is 2. The van der Waals surface area contributed by atoms with Gasteiger partial charge in [-0.15, -0.1) is 0 Å². The van der Waals surface area contributed by atoms with Gasteiger partial charge in [0, 0.05) is 29.3 Å². The summed E-state index contributed by atoms with van der Waals surface area (Å²) in [7, 11) is 1.99. The van der Waals surface area contributed by atoms with Crippen molar-refractivity contribution >= 4 is 21.6 Å². The van der Waals surface area contributed by atoms with Crippen molar-refractivity contribution in [3.8, 4) is 0 Å². The van der Waals surface area contributed by atoms with Crippen molar-refractivity contribution < 1.29 is 0 Å². The molecule has 0 radical (unpaired) electrons. The second-order valence-corrected chi connectivity index (χ2v) is 5.26. The minimum absolute atomic E-state index is 0.391. The summed E-state index contributed by atoms with van der Waals surface area (Å²) in [6, 6.07) is 7.09. The molecule has 1 aliphatic rings. The van der Waals surface area contributed by atoms with Crippen molar-refractivity contribution in [2.75, 3.05) is 25.0 Å². The fourth-order valence-electron chi connectivity index (χ4n) is 2.19. The first-order valence-electron chi connectivity index (χ1n) is 5.94. The van der Waals surface area contributed by atoms with Gasteiger partial charge in [0.05, 0.1) is 0 Å². The first-order valence-corrected chi connectivity index (χ1v) is 6.73. The summed E-state index contributed by atoms with van der Waals surface area (Å²) in [6.07, 6.45) is 2.65. The number of benzene rings is 1. The van der Waals surface area contributed by atoms with E-state index in [-0.39, 0.29) is 0 Å². The number of halogens is 1. The highest BCUT2D eigenvalue weighted by Crippen LogP contribution is 2.29. The predicted molar refractivity (Wildman–Crippen MR) is 73.1 cm³/mol. The Morgan fingerprint density at radius 3 is 2.56 bits per heavy atom. The number of rotatable bonds is 3. The molecule has 2 rings (SSSR count). The molecule has 0 spiro atoms. The minimum Gasteiger partial charge on any atom is -0.372 e. The lowest BCUT2D eigenvalue weighted by Crippen LogP contribution is -2.18. The van der Waals surface area contributed by atoms with Crippen molar-refractivity contribution in [2.24, 2.45) is 0 Å². The van der Waals surface area contributed by atoms with Crippen LogP contribution in [0.4, 0.5) is 5.69 Å². The molecule has 0 bridgehead atoms. The molecule has 1 aromatic carbocycles. The summed E-state index contributed by atoms with van der Waals surface area (Å²) in [4.78, 5) is 2.46. The molecule has 2 nitrogen and oxygen atoms in total. The predicted octanol–water partition coefficient (Wildman–Crippen LogP) is 3.33. The molecule has 1 unspecified atom stereocenters. The molecule has 16 heavy (non-hydrogen) atoms. The average molecular weight is 283 g/mol. The van der Waals surface area contributed by atoms with E-state index >= 15 is 0 Å². The van der Waals surface area contributed by atoms with Crippen LogP contribution in [0.1, 0.15) is 31.4 Å². The van der Waals surface area contributed by atoms with Crippen molar-refractivity contribution in [1.29, 1.82) is 0 Å². The normalized spacial score (nSPS) is 17.8. The summed E-state index contributed by atoms with van der Waals surface area (Å²) in [5.74, 6) is 0. The summed E-state index contributed by atoms with van der Waals surface area (Å²) >= 11 is 3.67. The Kier molecular flexibility index (Phi) is 3.87. The molecule has 1 aromatic rings. The molecule has 3 heteroatoms. The van der Waals surface area contributed by atoms with Crippen LogP contribution in [0.15, 0.2) is 22.7 Å². The van der Waals surface area contributed by atoms with E-state index in [4.69, 9.17) is 0 Å². The zero-order chi connectivity index (χ0) is 11.5. The van der Waals surface area contributed by atoms with Crippen LogP contribution in [0.3, 0.4) is 0 Å². The first-order chi connectivity index (χ1) is 7.72. The molecule has 0 aromatic heterocycles. The number of anilines is 1. The van der Waals surface area contributed by atoms with Crippen LogP contribution >= 0.6 is 15.9 Å². The molecular formula is C13H19BrN2. The lowest BCUT2D eigenvalue weighted by Gasteiger charge is -2.20. The van der Waals surface area contributed by atoms with Crippen molar-refractivity contribution in [3.05, 3.63) is 28.2 Å². The molecule has 1 N–H and O–H groups in total. The molecule has 1 saturated heterocycles. The van der Waals surface area contributed by atoms with Gasteiger partial charge in [-0.1, -0.05) is 22.0 Å². The summed E-state index contributed by atoms with van der Waals surface area (Å²) in [5, 5.41) is 3.27. The molecule has 88 valence electrons. The highest BCUT2D eigenvalue weighted by molar-refractivity contribution is 9.10. The van der Waals surface area contributed by atoms with Gasteiger partial charge in [0.15, 0.2) is 0 Å². The van der Waals surface area contributed by atoms with Gasteiger partial charge in [-0.3, -0.25) is 0 Å². The Balaban J connectivity index is 2.21. The van der Waals surface area contributed by atoms with E-state index in [1.165, 1.54) is 41.7 Å². The molecule has 0 saturated carbocycles. The molecule has 0 amide bonds. The monoisotopic (exact) mass is 282 g/mol. The van der Waals surface area contributed by atoms with Crippen LogP contribution in [0.25, 0.3) is 0 Å². The molecule has 1 heterocycles. The molecule has 1 aliphatic heterocycles. The van der Waals surface area contributed by atoms with E-state index in [1.54, 1.807) is 0 Å². The SMILES string of the molecule is CNC(C)c1ccc(N2CCCC2)cc1Br. The molecule has 1 atom stereocenters. The topological polar surface area (TPSA) is 15.3 Å². The van der Waals surface area contributed by atoms with Gasteiger partial charge in [0.25, 0.3) is 0 Å². The smallest absolute Gasteiger partial charge is 0.0377 e. The fourth-order valence-corrected chi connectivity index (χ4v) is 2.90. The third-order valence-electron chi connectivity index (χ3n) is 3.35. The van der Waals surface area contributed by atoms with Gasteiger partial charge in [-0.05, 0) is 44.5 Å². The largest absolute Gasteiger partial charge is 0.372 e. The Hall–Kier alpha value is -0.540. The molecule has 0 aliphatic carbocycles. The lowest BCUT2D eigenvalue weighted by molar-refractivity contribution is 0.649. The molecule has 1 fully saturated rings. The van der Waals surface area contributed by atoms with Crippen LogP contribution in [0.2, 0.25) is 0 Å². The van der Waals surface area contributed by atoms with Crippen LogP contribution in [0, 0.1) is 0 Å². The van der Waals surface area contributed by atoms with Gasteiger partial charge in [-0.2, -0.15) is 0 Å². The Morgan fingerprint density at radius 2 is 2.00 bits per heavy atom. The van der Waals surface area contributed by atoms with E-state index in [0.29, 0.717) is 6.04 Å². The van der Waals surface area contributed by atoms with E-state index in [9.17, 15) is 0 Å². The maximum atomic E-state index is 3.67. The van der Waals surface area contributed by atoms with Crippen LogP contribution in [-0.2, 0) is 0 Å². The number of hydrogen-bond donors (Lipinski definition) is 1. The highest BCUT2D eigenvalue weighted by atomic mass is 79.9. The number of nitrogens with one attached hydrogen (secondary N) is 1. The van der Waals surface area contributed by atoms with Crippen LogP contribution in [-0.4, -0.2) is 20.1 Å². The highest BCUT2D eigenvalue weighted by Gasteiger charge is 2.14. The quantitative estimate of drug-likeness (QED) is 0.915. The van der Waals surface area contributed by atoms with Gasteiger partial charge < -0.3 is 10.2 Å². The zero-order valence-electron chi connectivity index (χ0n) is 9.96. The Bertz CT molecular complexity index is 359. The standard InChI is InChI=1S/C13H19BrN2/c1-10(15-2)12-6-5-11(9-13(12)14)16-7-3-4-8-16/h5-6,9-10,15H,3-4,7-8H2,1-2H3.